The molecule has 0 N–H and O–H groups in total. The second kappa shape index (κ2) is 6.11. The van der Waals surface area contributed by atoms with Crippen molar-refractivity contribution in [2.45, 2.75) is 13.3 Å². The van der Waals surface area contributed by atoms with E-state index in [-0.39, 0.29) is 0 Å². The number of para-hydroxylation sites is 1. The molecule has 0 aliphatic carbocycles. The van der Waals surface area contributed by atoms with Crippen molar-refractivity contribution in [2.75, 3.05) is 42.5 Å². The highest BCUT2D eigenvalue weighted by atomic mass is 16.1. The van der Waals surface area contributed by atoms with Crippen molar-refractivity contribution in [1.29, 1.82) is 0 Å². The molecule has 6 heteroatoms. The van der Waals surface area contributed by atoms with Crippen LogP contribution in [0.4, 0.5) is 17.5 Å². The number of hydrogen-bond donors (Lipinski definition) is 0. The molecule has 0 atom stereocenters. The number of anilines is 3. The molecular formula is C18H21N5O. The van der Waals surface area contributed by atoms with Crippen LogP contribution in [-0.2, 0) is 11.2 Å². The number of benzene rings is 1. The van der Waals surface area contributed by atoms with Crippen LogP contribution < -0.4 is 9.80 Å². The Morgan fingerprint density at radius 1 is 1.04 bits per heavy atom. The molecular weight excluding hydrogens is 302 g/mol. The summed E-state index contributed by atoms with van der Waals surface area (Å²) in [4.78, 5) is 26.5. The van der Waals surface area contributed by atoms with Crippen molar-refractivity contribution >= 4 is 23.9 Å². The molecule has 0 bridgehead atoms. The number of carbonyl (C=O) groups is 1. The minimum absolute atomic E-state index is 0.725. The number of aromatic nitrogens is 2. The van der Waals surface area contributed by atoms with Gasteiger partial charge in [0.1, 0.15) is 5.82 Å². The smallest absolute Gasteiger partial charge is 0.227 e. The number of carbonyl (C=O) groups excluding carboxylic acids is 1. The standard InChI is InChI=1S/C18H21N5O/c1-14-12-17(23-7-6-15-4-2-3-5-16(15)23)20-18(19-14)22-10-8-21(13-24)9-11-22/h2-5,12-13H,6-11H2,1H3. The normalized spacial score (nSPS) is 17.1. The van der Waals surface area contributed by atoms with Crippen molar-refractivity contribution in [2.24, 2.45) is 0 Å². The maximum atomic E-state index is 10.9. The molecule has 1 amide bonds. The van der Waals surface area contributed by atoms with E-state index in [1.165, 1.54) is 11.3 Å². The van der Waals surface area contributed by atoms with Gasteiger partial charge < -0.3 is 14.7 Å². The summed E-state index contributed by atoms with van der Waals surface area (Å²) >= 11 is 0. The second-order valence-corrected chi connectivity index (χ2v) is 6.33. The minimum Gasteiger partial charge on any atom is -0.342 e. The molecule has 1 aromatic heterocycles. The average molecular weight is 323 g/mol. The average Bonchev–Trinajstić information content (AvgIpc) is 3.05. The van der Waals surface area contributed by atoms with Gasteiger partial charge in [0.25, 0.3) is 0 Å². The molecule has 2 aliphatic rings. The first-order valence-electron chi connectivity index (χ1n) is 8.40. The number of rotatable bonds is 3. The van der Waals surface area contributed by atoms with E-state index in [1.807, 2.05) is 13.0 Å². The fourth-order valence-corrected chi connectivity index (χ4v) is 3.42. The summed E-state index contributed by atoms with van der Waals surface area (Å²) in [5, 5.41) is 0. The number of nitrogens with zero attached hydrogens (tertiary/aromatic N) is 5. The summed E-state index contributed by atoms with van der Waals surface area (Å²) in [6, 6.07) is 10.6. The summed E-state index contributed by atoms with van der Waals surface area (Å²) in [6.07, 6.45) is 1.97. The van der Waals surface area contributed by atoms with Crippen LogP contribution in [0.1, 0.15) is 11.3 Å². The third-order valence-corrected chi connectivity index (χ3v) is 4.74. The van der Waals surface area contributed by atoms with Gasteiger partial charge in [-0.15, -0.1) is 0 Å². The van der Waals surface area contributed by atoms with Gasteiger partial charge in [0.2, 0.25) is 12.4 Å². The summed E-state index contributed by atoms with van der Waals surface area (Å²) in [5.74, 6) is 1.72. The van der Waals surface area contributed by atoms with Gasteiger partial charge in [0.15, 0.2) is 0 Å². The molecule has 0 unspecified atom stereocenters. The van der Waals surface area contributed by atoms with Gasteiger partial charge in [-0.2, -0.15) is 4.98 Å². The number of piperazine rings is 1. The van der Waals surface area contributed by atoms with Crippen LogP contribution in [0, 0.1) is 6.92 Å². The van der Waals surface area contributed by atoms with E-state index in [4.69, 9.17) is 4.98 Å². The molecule has 4 rings (SSSR count). The van der Waals surface area contributed by atoms with Crippen LogP contribution in [0.15, 0.2) is 30.3 Å². The number of fused-ring (bicyclic) bond motifs is 1. The Balaban J connectivity index is 1.62. The highest BCUT2D eigenvalue weighted by molar-refractivity contribution is 5.68. The van der Waals surface area contributed by atoms with E-state index < -0.39 is 0 Å². The van der Waals surface area contributed by atoms with Gasteiger partial charge in [0.05, 0.1) is 0 Å². The maximum absolute atomic E-state index is 10.9. The second-order valence-electron chi connectivity index (χ2n) is 6.33. The van der Waals surface area contributed by atoms with E-state index in [2.05, 4.69) is 39.0 Å². The van der Waals surface area contributed by atoms with Gasteiger partial charge in [-0.25, -0.2) is 4.98 Å². The molecule has 0 saturated carbocycles. The highest BCUT2D eigenvalue weighted by Crippen LogP contribution is 2.34. The summed E-state index contributed by atoms with van der Waals surface area (Å²) in [5.41, 5.74) is 3.58. The predicted octanol–water partition coefficient (Wildman–Crippen LogP) is 1.76. The predicted molar refractivity (Wildman–Crippen MR) is 93.8 cm³/mol. The van der Waals surface area contributed by atoms with E-state index in [0.29, 0.717) is 0 Å². The van der Waals surface area contributed by atoms with Crippen LogP contribution in [0.25, 0.3) is 0 Å². The zero-order valence-corrected chi connectivity index (χ0v) is 13.9. The Bertz CT molecular complexity index is 755. The van der Waals surface area contributed by atoms with Crippen molar-refractivity contribution in [3.8, 4) is 0 Å². The SMILES string of the molecule is Cc1cc(N2CCc3ccccc32)nc(N2CCN(C=O)CC2)n1. The van der Waals surface area contributed by atoms with Crippen molar-refractivity contribution in [1.82, 2.24) is 14.9 Å². The fourth-order valence-electron chi connectivity index (χ4n) is 3.42. The Morgan fingerprint density at radius 2 is 1.83 bits per heavy atom. The molecule has 1 fully saturated rings. The van der Waals surface area contributed by atoms with Gasteiger partial charge >= 0.3 is 0 Å². The van der Waals surface area contributed by atoms with Gasteiger partial charge in [-0.05, 0) is 25.0 Å². The number of amides is 1. The molecule has 6 nitrogen and oxygen atoms in total. The van der Waals surface area contributed by atoms with E-state index in [0.717, 1.165) is 63.0 Å². The van der Waals surface area contributed by atoms with Crippen molar-refractivity contribution in [3.63, 3.8) is 0 Å². The lowest BCUT2D eigenvalue weighted by Gasteiger charge is -2.33. The lowest BCUT2D eigenvalue weighted by Crippen LogP contribution is -2.46. The third kappa shape index (κ3) is 2.68. The van der Waals surface area contributed by atoms with E-state index in [9.17, 15) is 4.79 Å². The first kappa shape index (κ1) is 14.9. The maximum Gasteiger partial charge on any atom is 0.227 e. The minimum atomic E-state index is 0.725. The van der Waals surface area contributed by atoms with Crippen LogP contribution in [0.2, 0.25) is 0 Å². The van der Waals surface area contributed by atoms with Crippen LogP contribution in [0.3, 0.4) is 0 Å². The molecule has 0 spiro atoms. The summed E-state index contributed by atoms with van der Waals surface area (Å²) in [6.45, 7) is 5.97. The molecule has 1 saturated heterocycles. The molecule has 124 valence electrons. The molecule has 2 aliphatic heterocycles. The van der Waals surface area contributed by atoms with Crippen LogP contribution in [0.5, 0.6) is 0 Å². The molecule has 24 heavy (non-hydrogen) atoms. The van der Waals surface area contributed by atoms with Gasteiger partial charge in [0, 0.05) is 50.2 Å². The zero-order valence-electron chi connectivity index (χ0n) is 13.9. The molecule has 3 heterocycles. The Morgan fingerprint density at radius 3 is 2.62 bits per heavy atom. The monoisotopic (exact) mass is 323 g/mol. The van der Waals surface area contributed by atoms with E-state index in [1.54, 1.807) is 4.90 Å². The Labute approximate surface area is 141 Å². The Kier molecular flexibility index (Phi) is 3.80. The van der Waals surface area contributed by atoms with Crippen LogP contribution in [-0.4, -0.2) is 54.0 Å². The first-order chi connectivity index (χ1) is 11.7. The largest absolute Gasteiger partial charge is 0.342 e. The highest BCUT2D eigenvalue weighted by Gasteiger charge is 2.23. The Hall–Kier alpha value is -2.63. The number of aryl methyl sites for hydroxylation is 1. The van der Waals surface area contributed by atoms with Crippen LogP contribution >= 0.6 is 0 Å². The summed E-state index contributed by atoms with van der Waals surface area (Å²) < 4.78 is 0. The fraction of sp³-hybridized carbons (Fsp3) is 0.389. The van der Waals surface area contributed by atoms with Crippen molar-refractivity contribution < 1.29 is 4.79 Å². The van der Waals surface area contributed by atoms with Crippen molar-refractivity contribution in [3.05, 3.63) is 41.6 Å². The summed E-state index contributed by atoms with van der Waals surface area (Å²) in [7, 11) is 0. The zero-order chi connectivity index (χ0) is 16.5. The quantitative estimate of drug-likeness (QED) is 0.806. The molecule has 1 aromatic carbocycles. The lowest BCUT2D eigenvalue weighted by molar-refractivity contribution is -0.118. The first-order valence-corrected chi connectivity index (χ1v) is 8.40. The van der Waals surface area contributed by atoms with E-state index >= 15 is 0 Å². The third-order valence-electron chi connectivity index (χ3n) is 4.74. The topological polar surface area (TPSA) is 52.6 Å². The lowest BCUT2D eigenvalue weighted by atomic mass is 10.2. The molecule has 0 radical (unpaired) electrons. The number of hydrogen-bond acceptors (Lipinski definition) is 5. The van der Waals surface area contributed by atoms with Gasteiger partial charge in [-0.1, -0.05) is 18.2 Å². The molecule has 2 aromatic rings. The van der Waals surface area contributed by atoms with Gasteiger partial charge in [-0.3, -0.25) is 4.79 Å².